The molecule has 22 heavy (non-hydrogen) atoms. The van der Waals surface area contributed by atoms with Crippen LogP contribution in [-0.2, 0) is 17.6 Å². The number of hydrogen-bond acceptors (Lipinski definition) is 3. The van der Waals surface area contributed by atoms with Crippen molar-refractivity contribution in [2.45, 2.75) is 60.3 Å². The lowest BCUT2D eigenvalue weighted by Gasteiger charge is -2.13. The summed E-state index contributed by atoms with van der Waals surface area (Å²) in [6.45, 7) is 9.98. The summed E-state index contributed by atoms with van der Waals surface area (Å²) in [4.78, 5) is 29.0. The fourth-order valence-corrected chi connectivity index (χ4v) is 2.65. The number of carbonyl (C=O) groups excluding carboxylic acids is 2. The number of aliphatic imine (C=N–C) groups is 1. The second kappa shape index (κ2) is 8.62. The molecule has 0 unspecified atom stereocenters. The van der Waals surface area contributed by atoms with E-state index in [9.17, 15) is 9.59 Å². The highest BCUT2D eigenvalue weighted by Gasteiger charge is 2.21. The van der Waals surface area contributed by atoms with E-state index in [0.717, 1.165) is 48.1 Å². The Morgan fingerprint density at radius 3 is 2.05 bits per heavy atom. The minimum Gasteiger partial charge on any atom is -0.288 e. The second-order valence-corrected chi connectivity index (χ2v) is 5.72. The van der Waals surface area contributed by atoms with Gasteiger partial charge in [0.25, 0.3) is 0 Å². The predicted octanol–water partition coefficient (Wildman–Crippen LogP) is 4.13. The fraction of sp³-hybridized carbons (Fsp3) is 0.526. The van der Waals surface area contributed by atoms with Gasteiger partial charge in [-0.1, -0.05) is 44.9 Å². The van der Waals surface area contributed by atoms with E-state index in [-0.39, 0.29) is 12.3 Å². The first-order chi connectivity index (χ1) is 10.4. The van der Waals surface area contributed by atoms with Gasteiger partial charge >= 0.3 is 0 Å². The highest BCUT2D eigenvalue weighted by atomic mass is 16.2. The zero-order valence-electron chi connectivity index (χ0n) is 14.5. The summed E-state index contributed by atoms with van der Waals surface area (Å²) in [5.41, 5.74) is 4.59. The van der Waals surface area contributed by atoms with E-state index in [1.54, 1.807) is 0 Å². The van der Waals surface area contributed by atoms with Gasteiger partial charge in [-0.3, -0.25) is 14.6 Å². The van der Waals surface area contributed by atoms with Crippen molar-refractivity contribution in [1.29, 1.82) is 0 Å². The molecule has 0 N–H and O–H groups in total. The molecule has 0 atom stereocenters. The minimum absolute atomic E-state index is 0.0369. The summed E-state index contributed by atoms with van der Waals surface area (Å²) in [6, 6.07) is 4.01. The number of nitrogens with zero attached hydrogens (tertiary/aromatic N) is 1. The van der Waals surface area contributed by atoms with Gasteiger partial charge in [0.2, 0.25) is 11.6 Å². The third kappa shape index (κ3) is 4.62. The largest absolute Gasteiger partial charge is 0.288 e. The van der Waals surface area contributed by atoms with Gasteiger partial charge in [-0.15, -0.1) is 0 Å². The van der Waals surface area contributed by atoms with Crippen molar-refractivity contribution in [2.75, 3.05) is 6.54 Å². The SMILES string of the molecule is CCCC(C)=NCC(=O)C(=O)c1c(CC)cc(C)cc1CC. The van der Waals surface area contributed by atoms with Crippen LogP contribution in [0.4, 0.5) is 0 Å². The zero-order chi connectivity index (χ0) is 16.7. The van der Waals surface area contributed by atoms with Gasteiger partial charge in [-0.2, -0.15) is 0 Å². The van der Waals surface area contributed by atoms with Crippen LogP contribution in [0.3, 0.4) is 0 Å². The van der Waals surface area contributed by atoms with Crippen molar-refractivity contribution >= 4 is 17.3 Å². The first kappa shape index (κ1) is 18.3. The quantitative estimate of drug-likeness (QED) is 0.412. The van der Waals surface area contributed by atoms with E-state index < -0.39 is 5.78 Å². The van der Waals surface area contributed by atoms with E-state index in [0.29, 0.717) is 5.56 Å². The van der Waals surface area contributed by atoms with Gasteiger partial charge in [0.15, 0.2) is 0 Å². The van der Waals surface area contributed by atoms with Gasteiger partial charge in [-0.25, -0.2) is 0 Å². The Morgan fingerprint density at radius 2 is 1.59 bits per heavy atom. The van der Waals surface area contributed by atoms with Gasteiger partial charge < -0.3 is 0 Å². The Labute approximate surface area is 133 Å². The average molecular weight is 301 g/mol. The summed E-state index contributed by atoms with van der Waals surface area (Å²) in [5, 5.41) is 0. The van der Waals surface area contributed by atoms with Crippen LogP contribution < -0.4 is 0 Å². The molecule has 0 amide bonds. The molecule has 0 heterocycles. The number of carbonyl (C=O) groups is 2. The predicted molar refractivity (Wildman–Crippen MR) is 92.2 cm³/mol. The standard InChI is InChI=1S/C19H27NO2/c1-6-9-14(5)20-12-17(21)19(22)18-15(7-2)10-13(4)11-16(18)8-3/h10-11H,6-9,12H2,1-5H3. The number of Topliss-reactive ketones (excluding diaryl/α,β-unsaturated/α-hetero) is 2. The molecule has 3 heteroatoms. The normalized spacial score (nSPS) is 11.6. The van der Waals surface area contributed by atoms with E-state index in [1.165, 1.54) is 0 Å². The molecule has 3 nitrogen and oxygen atoms in total. The summed E-state index contributed by atoms with van der Waals surface area (Å²) in [5.74, 6) is -0.801. The van der Waals surface area contributed by atoms with Crippen LogP contribution in [0, 0.1) is 6.92 Å². The van der Waals surface area contributed by atoms with Gasteiger partial charge in [0, 0.05) is 11.3 Å². The smallest absolute Gasteiger partial charge is 0.231 e. The van der Waals surface area contributed by atoms with Crippen molar-refractivity contribution < 1.29 is 9.59 Å². The Bertz CT molecular complexity index is 560. The number of aryl methyl sites for hydroxylation is 3. The molecule has 0 aliphatic carbocycles. The molecule has 0 bridgehead atoms. The monoisotopic (exact) mass is 301 g/mol. The summed E-state index contributed by atoms with van der Waals surface area (Å²) in [6.07, 6.45) is 3.37. The van der Waals surface area contributed by atoms with Gasteiger partial charge in [0.1, 0.15) is 6.54 Å². The Hall–Kier alpha value is -1.77. The second-order valence-electron chi connectivity index (χ2n) is 5.72. The summed E-state index contributed by atoms with van der Waals surface area (Å²) in [7, 11) is 0. The van der Waals surface area contributed by atoms with Crippen LogP contribution in [0.15, 0.2) is 17.1 Å². The van der Waals surface area contributed by atoms with E-state index in [2.05, 4.69) is 11.9 Å². The molecular weight excluding hydrogens is 274 g/mol. The van der Waals surface area contributed by atoms with Crippen molar-refractivity contribution in [1.82, 2.24) is 0 Å². The summed E-state index contributed by atoms with van der Waals surface area (Å²) >= 11 is 0. The lowest BCUT2D eigenvalue weighted by molar-refractivity contribution is -0.113. The highest BCUT2D eigenvalue weighted by Crippen LogP contribution is 2.20. The molecule has 0 saturated carbocycles. The van der Waals surface area contributed by atoms with Crippen molar-refractivity contribution in [3.05, 3.63) is 34.4 Å². The number of benzene rings is 1. The minimum atomic E-state index is -0.413. The number of ketones is 2. The third-order valence-electron chi connectivity index (χ3n) is 3.79. The Balaban J connectivity index is 3.07. The van der Waals surface area contributed by atoms with Crippen molar-refractivity contribution in [3.8, 4) is 0 Å². The summed E-state index contributed by atoms with van der Waals surface area (Å²) < 4.78 is 0. The molecule has 0 saturated heterocycles. The molecule has 0 aliphatic rings. The van der Waals surface area contributed by atoms with Gasteiger partial charge in [-0.05, 0) is 44.2 Å². The molecule has 1 rings (SSSR count). The molecule has 1 aromatic carbocycles. The van der Waals surface area contributed by atoms with Crippen LogP contribution in [0.1, 0.15) is 67.6 Å². The van der Waals surface area contributed by atoms with Crippen LogP contribution in [0.25, 0.3) is 0 Å². The van der Waals surface area contributed by atoms with E-state index in [4.69, 9.17) is 0 Å². The molecule has 0 aliphatic heterocycles. The van der Waals surface area contributed by atoms with Crippen molar-refractivity contribution in [2.24, 2.45) is 4.99 Å². The molecule has 1 aromatic rings. The lowest BCUT2D eigenvalue weighted by atomic mass is 9.91. The maximum Gasteiger partial charge on any atom is 0.231 e. The number of hydrogen-bond donors (Lipinski definition) is 0. The van der Waals surface area contributed by atoms with Crippen molar-refractivity contribution in [3.63, 3.8) is 0 Å². The van der Waals surface area contributed by atoms with Gasteiger partial charge in [0.05, 0.1) is 0 Å². The zero-order valence-corrected chi connectivity index (χ0v) is 14.5. The van der Waals surface area contributed by atoms with Crippen LogP contribution in [0.2, 0.25) is 0 Å². The topological polar surface area (TPSA) is 46.5 Å². The van der Waals surface area contributed by atoms with Crippen LogP contribution >= 0.6 is 0 Å². The third-order valence-corrected chi connectivity index (χ3v) is 3.79. The molecular formula is C19H27NO2. The molecule has 0 fully saturated rings. The average Bonchev–Trinajstić information content (AvgIpc) is 2.51. The molecule has 0 aromatic heterocycles. The number of rotatable bonds is 8. The van der Waals surface area contributed by atoms with Crippen LogP contribution in [-0.4, -0.2) is 23.8 Å². The maximum atomic E-state index is 12.6. The maximum absolute atomic E-state index is 12.6. The first-order valence-electron chi connectivity index (χ1n) is 8.14. The van der Waals surface area contributed by atoms with E-state index >= 15 is 0 Å². The highest BCUT2D eigenvalue weighted by molar-refractivity contribution is 6.45. The molecule has 120 valence electrons. The molecule has 0 radical (unpaired) electrons. The van der Waals surface area contributed by atoms with E-state index in [1.807, 2.05) is 39.8 Å². The lowest BCUT2D eigenvalue weighted by Crippen LogP contribution is -2.21. The Morgan fingerprint density at radius 1 is 1.05 bits per heavy atom. The fourth-order valence-electron chi connectivity index (χ4n) is 2.65. The Kier molecular flexibility index (Phi) is 7.16. The van der Waals surface area contributed by atoms with Crippen LogP contribution in [0.5, 0.6) is 0 Å². The first-order valence-corrected chi connectivity index (χ1v) is 8.14. The molecule has 0 spiro atoms.